The first kappa shape index (κ1) is 20.8. The fourth-order valence-corrected chi connectivity index (χ4v) is 4.60. The van der Waals surface area contributed by atoms with Crippen molar-refractivity contribution in [2.45, 2.75) is 33.2 Å². The van der Waals surface area contributed by atoms with Crippen LogP contribution >= 0.6 is 11.6 Å². The minimum Gasteiger partial charge on any atom is -0.356 e. The number of hydrogen-bond donors (Lipinski definition) is 1. The van der Waals surface area contributed by atoms with Crippen LogP contribution < -0.4 is 4.90 Å². The third kappa shape index (κ3) is 3.14. The van der Waals surface area contributed by atoms with E-state index in [1.807, 2.05) is 25.7 Å². The molecule has 1 aliphatic heterocycles. The van der Waals surface area contributed by atoms with Crippen LogP contribution in [0, 0.1) is 38.2 Å². The number of fused-ring (bicyclic) bond motifs is 3. The summed E-state index contributed by atoms with van der Waals surface area (Å²) in [6.07, 6.45) is 0.583. The van der Waals surface area contributed by atoms with Crippen molar-refractivity contribution in [3.63, 3.8) is 0 Å². The smallest absolute Gasteiger partial charge is 0.226 e. The SMILES string of the molecule is Cc1nc(N2CCc3c([nH]c4cc(F)c(Cl)cc34)C2c2cccc(F)c2F)nc(C)c1C. The molecule has 0 radical (unpaired) electrons. The van der Waals surface area contributed by atoms with E-state index in [9.17, 15) is 8.78 Å². The summed E-state index contributed by atoms with van der Waals surface area (Å²) in [4.78, 5) is 14.4. The van der Waals surface area contributed by atoms with Crippen LogP contribution in [0.3, 0.4) is 0 Å². The number of halogens is 4. The Morgan fingerprint density at radius 1 is 1.03 bits per heavy atom. The van der Waals surface area contributed by atoms with E-state index in [0.29, 0.717) is 30.1 Å². The summed E-state index contributed by atoms with van der Waals surface area (Å²) < 4.78 is 43.4. The maximum absolute atomic E-state index is 15.0. The number of benzene rings is 2. The number of anilines is 1. The molecule has 5 rings (SSSR count). The van der Waals surface area contributed by atoms with Crippen molar-refractivity contribution in [3.8, 4) is 0 Å². The van der Waals surface area contributed by atoms with Gasteiger partial charge in [-0.05, 0) is 56.5 Å². The van der Waals surface area contributed by atoms with Crippen molar-refractivity contribution in [1.82, 2.24) is 15.0 Å². The second-order valence-corrected chi connectivity index (χ2v) is 8.54. The third-order valence-electron chi connectivity index (χ3n) is 6.32. The van der Waals surface area contributed by atoms with Crippen LogP contribution in [-0.2, 0) is 6.42 Å². The Bertz CT molecular complexity index is 1360. The van der Waals surface area contributed by atoms with Crippen LogP contribution in [0.15, 0.2) is 30.3 Å². The molecule has 2 aromatic carbocycles. The first-order valence-corrected chi connectivity index (χ1v) is 10.7. The van der Waals surface area contributed by atoms with Gasteiger partial charge in [-0.2, -0.15) is 0 Å². The number of hydrogen-bond acceptors (Lipinski definition) is 3. The summed E-state index contributed by atoms with van der Waals surface area (Å²) >= 11 is 6.03. The lowest BCUT2D eigenvalue weighted by Crippen LogP contribution is -2.38. The Kier molecular flexibility index (Phi) is 4.89. The van der Waals surface area contributed by atoms with Crippen LogP contribution in [0.25, 0.3) is 10.9 Å². The van der Waals surface area contributed by atoms with Gasteiger partial charge in [0, 0.05) is 40.1 Å². The predicted molar refractivity (Wildman–Crippen MR) is 119 cm³/mol. The quantitative estimate of drug-likeness (QED) is 0.396. The number of aromatic nitrogens is 3. The zero-order valence-corrected chi connectivity index (χ0v) is 18.5. The second kappa shape index (κ2) is 7.52. The third-order valence-corrected chi connectivity index (χ3v) is 6.61. The molecule has 0 amide bonds. The van der Waals surface area contributed by atoms with Gasteiger partial charge >= 0.3 is 0 Å². The first-order valence-electron chi connectivity index (χ1n) is 10.3. The number of nitrogens with one attached hydrogen (secondary N) is 1. The van der Waals surface area contributed by atoms with Crippen molar-refractivity contribution >= 4 is 28.5 Å². The molecule has 0 saturated carbocycles. The topological polar surface area (TPSA) is 44.8 Å². The van der Waals surface area contributed by atoms with Gasteiger partial charge in [0.1, 0.15) is 11.9 Å². The van der Waals surface area contributed by atoms with E-state index >= 15 is 4.39 Å². The average molecular weight is 457 g/mol. The van der Waals surface area contributed by atoms with E-state index in [1.165, 1.54) is 12.1 Å². The van der Waals surface area contributed by atoms with E-state index in [-0.39, 0.29) is 10.6 Å². The van der Waals surface area contributed by atoms with Crippen LogP contribution in [-0.4, -0.2) is 21.5 Å². The Hall–Kier alpha value is -3.06. The number of aromatic amines is 1. The van der Waals surface area contributed by atoms with Crippen molar-refractivity contribution in [2.75, 3.05) is 11.4 Å². The molecule has 4 aromatic rings. The maximum atomic E-state index is 15.0. The van der Waals surface area contributed by atoms with Gasteiger partial charge in [0.05, 0.1) is 5.02 Å². The van der Waals surface area contributed by atoms with E-state index in [1.54, 1.807) is 12.1 Å². The van der Waals surface area contributed by atoms with E-state index in [4.69, 9.17) is 11.6 Å². The molecule has 32 heavy (non-hydrogen) atoms. The van der Waals surface area contributed by atoms with Gasteiger partial charge in [-0.1, -0.05) is 23.7 Å². The van der Waals surface area contributed by atoms with Gasteiger partial charge in [0.15, 0.2) is 11.6 Å². The molecule has 1 atom stereocenters. The highest BCUT2D eigenvalue weighted by atomic mass is 35.5. The lowest BCUT2D eigenvalue weighted by Gasteiger charge is -2.36. The molecule has 3 heterocycles. The van der Waals surface area contributed by atoms with Crippen LogP contribution in [0.1, 0.15) is 39.8 Å². The summed E-state index contributed by atoms with van der Waals surface area (Å²) in [5.41, 5.74) is 4.88. The Balaban J connectivity index is 1.77. The Labute approximate surface area is 188 Å². The van der Waals surface area contributed by atoms with Crippen LogP contribution in [0.5, 0.6) is 0 Å². The largest absolute Gasteiger partial charge is 0.356 e. The maximum Gasteiger partial charge on any atom is 0.226 e. The molecule has 4 nitrogen and oxygen atoms in total. The normalized spacial score (nSPS) is 16.0. The molecule has 0 spiro atoms. The molecule has 0 aliphatic carbocycles. The van der Waals surface area contributed by atoms with Crippen LogP contribution in [0.4, 0.5) is 19.1 Å². The van der Waals surface area contributed by atoms with Gasteiger partial charge < -0.3 is 9.88 Å². The highest BCUT2D eigenvalue weighted by Gasteiger charge is 2.36. The molecule has 0 fully saturated rings. The standard InChI is InChI=1S/C24H20ClF3N4/c1-11-12(2)29-24(30-13(11)3)32-8-7-14-16-9-17(25)19(27)10-20(16)31-22(14)23(32)15-5-4-6-18(26)21(15)28/h4-6,9-10,23,31H,7-8H2,1-3H3. The fraction of sp³-hybridized carbons (Fsp3) is 0.250. The molecule has 0 bridgehead atoms. The average Bonchev–Trinajstić information content (AvgIpc) is 3.11. The van der Waals surface area contributed by atoms with Gasteiger partial charge in [-0.3, -0.25) is 0 Å². The van der Waals surface area contributed by atoms with Gasteiger partial charge in [0.2, 0.25) is 5.95 Å². The Morgan fingerprint density at radius 2 is 1.75 bits per heavy atom. The first-order chi connectivity index (χ1) is 15.3. The summed E-state index contributed by atoms with van der Waals surface area (Å²) in [7, 11) is 0. The second-order valence-electron chi connectivity index (χ2n) is 8.14. The van der Waals surface area contributed by atoms with E-state index in [0.717, 1.165) is 34.0 Å². The Morgan fingerprint density at radius 3 is 2.47 bits per heavy atom. The monoisotopic (exact) mass is 456 g/mol. The zero-order chi connectivity index (χ0) is 22.7. The van der Waals surface area contributed by atoms with Gasteiger partial charge in [-0.15, -0.1) is 0 Å². The summed E-state index contributed by atoms with van der Waals surface area (Å²) in [5, 5.41) is 0.786. The van der Waals surface area contributed by atoms with E-state index in [2.05, 4.69) is 15.0 Å². The molecule has 8 heteroatoms. The predicted octanol–water partition coefficient (Wildman–Crippen LogP) is 6.11. The zero-order valence-electron chi connectivity index (χ0n) is 17.7. The highest BCUT2D eigenvalue weighted by molar-refractivity contribution is 6.31. The number of nitrogens with zero attached hydrogens (tertiary/aromatic N) is 3. The van der Waals surface area contributed by atoms with Crippen molar-refractivity contribution in [2.24, 2.45) is 0 Å². The minimum atomic E-state index is -0.933. The highest BCUT2D eigenvalue weighted by Crippen LogP contribution is 2.42. The fourth-order valence-electron chi connectivity index (χ4n) is 4.44. The molecule has 1 unspecified atom stereocenters. The van der Waals surface area contributed by atoms with Crippen molar-refractivity contribution in [3.05, 3.63) is 86.6 Å². The van der Waals surface area contributed by atoms with Crippen molar-refractivity contribution in [1.29, 1.82) is 0 Å². The molecule has 1 aliphatic rings. The molecular formula is C24H20ClF3N4. The summed E-state index contributed by atoms with van der Waals surface area (Å²) in [5.74, 6) is -1.97. The molecule has 0 saturated heterocycles. The number of aryl methyl sites for hydroxylation is 2. The molecular weight excluding hydrogens is 437 g/mol. The molecule has 164 valence electrons. The lowest BCUT2D eigenvalue weighted by atomic mass is 9.92. The molecule has 2 aromatic heterocycles. The van der Waals surface area contributed by atoms with Crippen LogP contribution in [0.2, 0.25) is 5.02 Å². The molecule has 1 N–H and O–H groups in total. The number of H-pyrrole nitrogens is 1. The van der Waals surface area contributed by atoms with Gasteiger partial charge in [-0.25, -0.2) is 23.1 Å². The summed E-state index contributed by atoms with van der Waals surface area (Å²) in [6.45, 7) is 6.21. The van der Waals surface area contributed by atoms with Crippen molar-refractivity contribution < 1.29 is 13.2 Å². The number of rotatable bonds is 2. The van der Waals surface area contributed by atoms with E-state index < -0.39 is 23.5 Å². The minimum absolute atomic E-state index is 0.0170. The lowest BCUT2D eigenvalue weighted by molar-refractivity contribution is 0.485. The van der Waals surface area contributed by atoms with Gasteiger partial charge in [0.25, 0.3) is 0 Å². The summed E-state index contributed by atoms with van der Waals surface area (Å²) in [6, 6.07) is 6.31.